The molecule has 1 N–H and O–H groups in total. The molecule has 0 unspecified atom stereocenters. The number of aromatic nitrogens is 1. The number of carbonyl (C=O) groups is 1. The van der Waals surface area contributed by atoms with Crippen LogP contribution in [-0.2, 0) is 0 Å². The molecule has 0 atom stereocenters. The Morgan fingerprint density at radius 3 is 2.46 bits per heavy atom. The summed E-state index contributed by atoms with van der Waals surface area (Å²) >= 11 is 0. The molecule has 0 saturated carbocycles. The van der Waals surface area contributed by atoms with Gasteiger partial charge in [0.05, 0.1) is 5.56 Å². The minimum Gasteiger partial charge on any atom is -0.507 e. The molecule has 2 aromatic rings. The van der Waals surface area contributed by atoms with E-state index in [1.54, 1.807) is 24.3 Å². The van der Waals surface area contributed by atoms with E-state index in [-0.39, 0.29) is 11.5 Å². The molecule has 0 spiro atoms. The lowest BCUT2D eigenvalue weighted by Crippen LogP contribution is -2.46. The SMILES string of the molecule is O=C(CCCCCN1CCN(c2ccccn2)CC1)c1ccccc1O. The van der Waals surface area contributed by atoms with E-state index in [1.807, 2.05) is 18.3 Å². The Hall–Kier alpha value is -2.40. The van der Waals surface area contributed by atoms with Crippen LogP contribution in [0.1, 0.15) is 36.0 Å². The minimum atomic E-state index is 0.0343. The highest BCUT2D eigenvalue weighted by atomic mass is 16.3. The number of pyridine rings is 1. The number of hydrogen-bond donors (Lipinski definition) is 1. The number of rotatable bonds is 8. The van der Waals surface area contributed by atoms with Crippen LogP contribution in [0.3, 0.4) is 0 Å². The van der Waals surface area contributed by atoms with Gasteiger partial charge in [-0.3, -0.25) is 9.69 Å². The van der Waals surface area contributed by atoms with E-state index in [9.17, 15) is 9.90 Å². The molecule has 138 valence electrons. The Labute approximate surface area is 155 Å². The van der Waals surface area contributed by atoms with Crippen molar-refractivity contribution in [2.24, 2.45) is 0 Å². The first-order chi connectivity index (χ1) is 12.7. The molecular formula is C21H27N3O2. The van der Waals surface area contributed by atoms with E-state index < -0.39 is 0 Å². The van der Waals surface area contributed by atoms with Crippen molar-refractivity contribution >= 4 is 11.6 Å². The summed E-state index contributed by atoms with van der Waals surface area (Å²) < 4.78 is 0. The van der Waals surface area contributed by atoms with Crippen LogP contribution in [0.5, 0.6) is 5.75 Å². The lowest BCUT2D eigenvalue weighted by Gasteiger charge is -2.35. The van der Waals surface area contributed by atoms with Crippen molar-refractivity contribution in [2.45, 2.75) is 25.7 Å². The number of unbranched alkanes of at least 4 members (excludes halogenated alkanes) is 2. The molecule has 1 aliphatic rings. The number of aromatic hydroxyl groups is 1. The maximum Gasteiger partial charge on any atom is 0.166 e. The number of nitrogens with zero attached hydrogens (tertiary/aromatic N) is 3. The molecule has 5 heteroatoms. The summed E-state index contributed by atoms with van der Waals surface area (Å²) in [5.74, 6) is 1.19. The molecule has 1 fully saturated rings. The Balaban J connectivity index is 1.30. The summed E-state index contributed by atoms with van der Waals surface area (Å²) in [6, 6.07) is 12.8. The quantitative estimate of drug-likeness (QED) is 0.583. The van der Waals surface area contributed by atoms with E-state index >= 15 is 0 Å². The fraction of sp³-hybridized carbons (Fsp3) is 0.429. The summed E-state index contributed by atoms with van der Waals surface area (Å²) in [7, 11) is 0. The van der Waals surface area contributed by atoms with Crippen LogP contribution in [-0.4, -0.2) is 53.5 Å². The Bertz CT molecular complexity index is 697. The van der Waals surface area contributed by atoms with Gasteiger partial charge in [0.25, 0.3) is 0 Å². The molecule has 26 heavy (non-hydrogen) atoms. The molecule has 1 saturated heterocycles. The first kappa shape index (κ1) is 18.4. The van der Waals surface area contributed by atoms with Gasteiger partial charge < -0.3 is 10.0 Å². The predicted octanol–water partition coefficient (Wildman–Crippen LogP) is 3.35. The van der Waals surface area contributed by atoms with Gasteiger partial charge in [-0.05, 0) is 43.7 Å². The van der Waals surface area contributed by atoms with Gasteiger partial charge in [0, 0.05) is 38.8 Å². The zero-order chi connectivity index (χ0) is 18.2. The third-order valence-electron chi connectivity index (χ3n) is 4.93. The van der Waals surface area contributed by atoms with Gasteiger partial charge in [-0.2, -0.15) is 0 Å². The summed E-state index contributed by atoms with van der Waals surface area (Å²) in [5, 5.41) is 9.72. The lowest BCUT2D eigenvalue weighted by atomic mass is 10.0. The van der Waals surface area contributed by atoms with Gasteiger partial charge in [0.15, 0.2) is 5.78 Å². The van der Waals surface area contributed by atoms with Gasteiger partial charge in [0.1, 0.15) is 11.6 Å². The van der Waals surface area contributed by atoms with Crippen LogP contribution in [0.25, 0.3) is 0 Å². The fourth-order valence-corrected chi connectivity index (χ4v) is 3.38. The lowest BCUT2D eigenvalue weighted by molar-refractivity contribution is 0.0976. The van der Waals surface area contributed by atoms with Crippen LogP contribution in [0.2, 0.25) is 0 Å². The Morgan fingerprint density at radius 1 is 0.962 bits per heavy atom. The van der Waals surface area contributed by atoms with E-state index in [0.717, 1.165) is 57.8 Å². The molecule has 2 heterocycles. The molecule has 0 radical (unpaired) electrons. The molecule has 1 aromatic heterocycles. The number of Topliss-reactive ketones (excluding diaryl/α,β-unsaturated/α-hetero) is 1. The average Bonchev–Trinajstić information content (AvgIpc) is 2.69. The highest BCUT2D eigenvalue weighted by Crippen LogP contribution is 2.19. The van der Waals surface area contributed by atoms with Crippen molar-refractivity contribution in [3.05, 3.63) is 54.2 Å². The van der Waals surface area contributed by atoms with Crippen LogP contribution in [0, 0.1) is 0 Å². The van der Waals surface area contributed by atoms with Gasteiger partial charge in [-0.25, -0.2) is 4.98 Å². The van der Waals surface area contributed by atoms with Crippen LogP contribution < -0.4 is 4.90 Å². The van der Waals surface area contributed by atoms with Crippen molar-refractivity contribution < 1.29 is 9.90 Å². The highest BCUT2D eigenvalue weighted by molar-refractivity contribution is 5.98. The van der Waals surface area contributed by atoms with E-state index in [0.29, 0.717) is 12.0 Å². The number of carbonyl (C=O) groups excluding carboxylic acids is 1. The van der Waals surface area contributed by atoms with E-state index in [4.69, 9.17) is 0 Å². The number of para-hydroxylation sites is 1. The number of phenols is 1. The van der Waals surface area contributed by atoms with Crippen LogP contribution >= 0.6 is 0 Å². The number of hydrogen-bond acceptors (Lipinski definition) is 5. The van der Waals surface area contributed by atoms with Crippen molar-refractivity contribution in [3.8, 4) is 5.75 Å². The number of phenolic OH excluding ortho intramolecular Hbond substituents is 1. The third-order valence-corrected chi connectivity index (χ3v) is 4.93. The summed E-state index contributed by atoms with van der Waals surface area (Å²) in [4.78, 5) is 21.4. The van der Waals surface area contributed by atoms with Crippen molar-refractivity contribution in [3.63, 3.8) is 0 Å². The molecule has 3 rings (SSSR count). The topological polar surface area (TPSA) is 56.7 Å². The van der Waals surface area contributed by atoms with E-state index in [2.05, 4.69) is 20.9 Å². The highest BCUT2D eigenvalue weighted by Gasteiger charge is 2.17. The molecule has 1 aromatic carbocycles. The Kier molecular flexibility index (Phi) is 6.61. The van der Waals surface area contributed by atoms with Crippen LogP contribution in [0.4, 0.5) is 5.82 Å². The zero-order valence-corrected chi connectivity index (χ0v) is 15.2. The third kappa shape index (κ3) is 5.05. The second-order valence-corrected chi connectivity index (χ2v) is 6.77. The molecule has 0 aliphatic carbocycles. The van der Waals surface area contributed by atoms with Gasteiger partial charge in [0.2, 0.25) is 0 Å². The summed E-state index contributed by atoms with van der Waals surface area (Å²) in [5.41, 5.74) is 0.443. The number of benzene rings is 1. The standard InChI is InChI=1S/C21H27N3O2/c25-19(18-8-3-4-10-20(18)26)9-2-1-7-13-23-14-16-24(17-15-23)21-11-5-6-12-22-21/h3-6,8,10-12,26H,1-2,7,9,13-17H2. The maximum absolute atomic E-state index is 12.1. The fourth-order valence-electron chi connectivity index (χ4n) is 3.38. The number of anilines is 1. The van der Waals surface area contributed by atoms with Crippen molar-refractivity contribution in [2.75, 3.05) is 37.6 Å². The second kappa shape index (κ2) is 9.34. The molecular weight excluding hydrogens is 326 g/mol. The largest absolute Gasteiger partial charge is 0.507 e. The van der Waals surface area contributed by atoms with Crippen LogP contribution in [0.15, 0.2) is 48.7 Å². The molecule has 5 nitrogen and oxygen atoms in total. The molecule has 0 bridgehead atoms. The molecule has 0 amide bonds. The Morgan fingerprint density at radius 2 is 1.73 bits per heavy atom. The van der Waals surface area contributed by atoms with Gasteiger partial charge in [-0.15, -0.1) is 0 Å². The number of ketones is 1. The summed E-state index contributed by atoms with van der Waals surface area (Å²) in [6.45, 7) is 5.24. The number of piperazine rings is 1. The van der Waals surface area contributed by atoms with Crippen molar-refractivity contribution in [1.82, 2.24) is 9.88 Å². The molecule has 1 aliphatic heterocycles. The van der Waals surface area contributed by atoms with E-state index in [1.165, 1.54) is 0 Å². The smallest absolute Gasteiger partial charge is 0.166 e. The summed E-state index contributed by atoms with van der Waals surface area (Å²) in [6.07, 6.45) is 5.38. The predicted molar refractivity (Wildman–Crippen MR) is 104 cm³/mol. The second-order valence-electron chi connectivity index (χ2n) is 6.77. The zero-order valence-electron chi connectivity index (χ0n) is 15.2. The van der Waals surface area contributed by atoms with Gasteiger partial charge in [-0.1, -0.05) is 24.6 Å². The van der Waals surface area contributed by atoms with Crippen molar-refractivity contribution in [1.29, 1.82) is 0 Å². The normalized spacial score (nSPS) is 15.2. The first-order valence-electron chi connectivity index (χ1n) is 9.43. The average molecular weight is 353 g/mol. The monoisotopic (exact) mass is 353 g/mol. The maximum atomic E-state index is 12.1. The minimum absolute atomic E-state index is 0.0343. The van der Waals surface area contributed by atoms with Gasteiger partial charge >= 0.3 is 0 Å². The first-order valence-corrected chi connectivity index (χ1v) is 9.43.